The molecule has 2 saturated heterocycles. The van der Waals surface area contributed by atoms with Crippen molar-refractivity contribution in [2.45, 2.75) is 6.92 Å². The summed E-state index contributed by atoms with van der Waals surface area (Å²) in [6.07, 6.45) is 2.97. The second-order valence-corrected chi connectivity index (χ2v) is 7.43. The van der Waals surface area contributed by atoms with Crippen LogP contribution in [0.5, 0.6) is 0 Å². The standard InChI is InChI=1S/C22H26FN5O2/c1-17-16-20(26-12-14-30-15-13-26)25-22(24-17)28-10-8-27(9-11-28)21(29)7-6-18-4-2-3-5-19(18)23/h2-7,16H,8-15H2,1H3/b7-6+. The number of aromatic nitrogens is 2. The molecule has 158 valence electrons. The summed E-state index contributed by atoms with van der Waals surface area (Å²) < 4.78 is 19.1. The number of anilines is 2. The lowest BCUT2D eigenvalue weighted by atomic mass is 10.2. The fraction of sp³-hybridized carbons (Fsp3) is 0.409. The monoisotopic (exact) mass is 411 g/mol. The molecule has 0 spiro atoms. The van der Waals surface area contributed by atoms with E-state index < -0.39 is 0 Å². The summed E-state index contributed by atoms with van der Waals surface area (Å²) in [6.45, 7) is 7.51. The van der Waals surface area contributed by atoms with Crippen molar-refractivity contribution in [3.05, 3.63) is 53.5 Å². The van der Waals surface area contributed by atoms with Gasteiger partial charge in [0.2, 0.25) is 11.9 Å². The van der Waals surface area contributed by atoms with Crippen molar-refractivity contribution in [2.75, 3.05) is 62.3 Å². The van der Waals surface area contributed by atoms with Gasteiger partial charge in [0.05, 0.1) is 13.2 Å². The van der Waals surface area contributed by atoms with Crippen LogP contribution in [0.4, 0.5) is 16.2 Å². The Hall–Kier alpha value is -3.00. The van der Waals surface area contributed by atoms with Crippen LogP contribution >= 0.6 is 0 Å². The van der Waals surface area contributed by atoms with Gasteiger partial charge in [0, 0.05) is 62.7 Å². The van der Waals surface area contributed by atoms with E-state index in [1.807, 2.05) is 13.0 Å². The average molecular weight is 411 g/mol. The third-order valence-corrected chi connectivity index (χ3v) is 5.35. The number of carbonyl (C=O) groups excluding carboxylic acids is 1. The van der Waals surface area contributed by atoms with Crippen LogP contribution in [0.3, 0.4) is 0 Å². The summed E-state index contributed by atoms with van der Waals surface area (Å²) in [5.41, 5.74) is 1.33. The summed E-state index contributed by atoms with van der Waals surface area (Å²) in [5.74, 6) is 1.17. The first-order chi connectivity index (χ1) is 14.6. The normalized spacial score (nSPS) is 17.6. The number of ether oxygens (including phenoxy) is 1. The maximum Gasteiger partial charge on any atom is 0.246 e. The van der Waals surface area contributed by atoms with Gasteiger partial charge in [-0.3, -0.25) is 4.79 Å². The Bertz CT molecular complexity index is 921. The van der Waals surface area contributed by atoms with Gasteiger partial charge in [0.25, 0.3) is 0 Å². The summed E-state index contributed by atoms with van der Waals surface area (Å²) >= 11 is 0. The number of hydrogen-bond acceptors (Lipinski definition) is 6. The van der Waals surface area contributed by atoms with Gasteiger partial charge in [0.15, 0.2) is 0 Å². The number of nitrogens with zero attached hydrogens (tertiary/aromatic N) is 5. The molecule has 1 aromatic carbocycles. The highest BCUT2D eigenvalue weighted by molar-refractivity contribution is 5.92. The summed E-state index contributed by atoms with van der Waals surface area (Å²) in [6, 6.07) is 8.42. The Morgan fingerprint density at radius 1 is 1.03 bits per heavy atom. The second kappa shape index (κ2) is 9.21. The zero-order chi connectivity index (χ0) is 20.9. The molecule has 0 saturated carbocycles. The highest BCUT2D eigenvalue weighted by Crippen LogP contribution is 2.20. The van der Waals surface area contributed by atoms with E-state index in [1.165, 1.54) is 18.2 Å². The number of piperazine rings is 1. The van der Waals surface area contributed by atoms with Gasteiger partial charge in [0.1, 0.15) is 11.6 Å². The lowest BCUT2D eigenvalue weighted by Crippen LogP contribution is -2.49. The van der Waals surface area contributed by atoms with Crippen molar-refractivity contribution < 1.29 is 13.9 Å². The van der Waals surface area contributed by atoms with Gasteiger partial charge < -0.3 is 19.4 Å². The predicted molar refractivity (Wildman–Crippen MR) is 114 cm³/mol. The molecule has 2 aliphatic rings. The number of halogens is 1. The van der Waals surface area contributed by atoms with Gasteiger partial charge in [-0.15, -0.1) is 0 Å². The van der Waals surface area contributed by atoms with E-state index in [0.29, 0.717) is 50.9 Å². The number of rotatable bonds is 4. The minimum Gasteiger partial charge on any atom is -0.378 e. The maximum atomic E-state index is 13.7. The quantitative estimate of drug-likeness (QED) is 0.719. The summed E-state index contributed by atoms with van der Waals surface area (Å²) in [4.78, 5) is 28.0. The van der Waals surface area contributed by atoms with Crippen molar-refractivity contribution >= 4 is 23.7 Å². The lowest BCUT2D eigenvalue weighted by Gasteiger charge is -2.35. The SMILES string of the molecule is Cc1cc(N2CCOCC2)nc(N2CCN(C(=O)/C=C/c3ccccc3F)CC2)n1. The van der Waals surface area contributed by atoms with E-state index in [0.717, 1.165) is 24.6 Å². The van der Waals surface area contributed by atoms with Crippen molar-refractivity contribution in [1.82, 2.24) is 14.9 Å². The Morgan fingerprint density at radius 2 is 1.77 bits per heavy atom. The van der Waals surface area contributed by atoms with E-state index in [1.54, 1.807) is 23.1 Å². The first-order valence-electron chi connectivity index (χ1n) is 10.2. The van der Waals surface area contributed by atoms with E-state index >= 15 is 0 Å². The number of amides is 1. The van der Waals surface area contributed by atoms with E-state index in [4.69, 9.17) is 9.72 Å². The molecular formula is C22H26FN5O2. The van der Waals surface area contributed by atoms with Gasteiger partial charge in [-0.2, -0.15) is 4.98 Å². The number of hydrogen-bond donors (Lipinski definition) is 0. The molecule has 2 aliphatic heterocycles. The minimum atomic E-state index is -0.334. The molecule has 0 unspecified atom stereocenters. The van der Waals surface area contributed by atoms with Gasteiger partial charge >= 0.3 is 0 Å². The number of benzene rings is 1. The molecule has 0 aliphatic carbocycles. The number of carbonyl (C=O) groups is 1. The molecule has 0 bridgehead atoms. The molecule has 1 amide bonds. The molecule has 1 aromatic heterocycles. The Labute approximate surface area is 175 Å². The van der Waals surface area contributed by atoms with Crippen LogP contribution in [0.25, 0.3) is 6.08 Å². The molecule has 3 heterocycles. The summed E-state index contributed by atoms with van der Waals surface area (Å²) in [5, 5.41) is 0. The number of morpholine rings is 1. The largest absolute Gasteiger partial charge is 0.378 e. The Balaban J connectivity index is 1.38. The highest BCUT2D eigenvalue weighted by Gasteiger charge is 2.23. The second-order valence-electron chi connectivity index (χ2n) is 7.43. The Morgan fingerprint density at radius 3 is 2.50 bits per heavy atom. The zero-order valence-electron chi connectivity index (χ0n) is 17.1. The van der Waals surface area contributed by atoms with Crippen LogP contribution in [-0.2, 0) is 9.53 Å². The average Bonchev–Trinajstić information content (AvgIpc) is 2.78. The molecule has 30 heavy (non-hydrogen) atoms. The zero-order valence-corrected chi connectivity index (χ0v) is 17.1. The van der Waals surface area contributed by atoms with E-state index in [-0.39, 0.29) is 11.7 Å². The molecule has 4 rings (SSSR count). The Kier molecular flexibility index (Phi) is 6.23. The maximum absolute atomic E-state index is 13.7. The molecule has 8 heteroatoms. The fourth-order valence-corrected chi connectivity index (χ4v) is 3.64. The van der Waals surface area contributed by atoms with E-state index in [9.17, 15) is 9.18 Å². The van der Waals surface area contributed by atoms with Crippen molar-refractivity contribution in [2.24, 2.45) is 0 Å². The van der Waals surface area contributed by atoms with Crippen LogP contribution in [0.1, 0.15) is 11.3 Å². The van der Waals surface area contributed by atoms with Gasteiger partial charge in [-0.25, -0.2) is 9.37 Å². The highest BCUT2D eigenvalue weighted by atomic mass is 19.1. The number of aryl methyl sites for hydroxylation is 1. The van der Waals surface area contributed by atoms with Gasteiger partial charge in [-0.1, -0.05) is 18.2 Å². The molecular weight excluding hydrogens is 385 g/mol. The van der Waals surface area contributed by atoms with E-state index in [2.05, 4.69) is 14.8 Å². The smallest absolute Gasteiger partial charge is 0.246 e. The predicted octanol–water partition coefficient (Wildman–Crippen LogP) is 2.12. The lowest BCUT2D eigenvalue weighted by molar-refractivity contribution is -0.126. The van der Waals surface area contributed by atoms with Crippen LogP contribution in [-0.4, -0.2) is 73.3 Å². The minimum absolute atomic E-state index is 0.114. The first kappa shape index (κ1) is 20.3. The van der Waals surface area contributed by atoms with Crippen molar-refractivity contribution in [3.63, 3.8) is 0 Å². The molecule has 0 atom stereocenters. The third kappa shape index (κ3) is 4.76. The molecule has 2 aromatic rings. The summed E-state index contributed by atoms with van der Waals surface area (Å²) in [7, 11) is 0. The first-order valence-corrected chi connectivity index (χ1v) is 10.2. The van der Waals surface area contributed by atoms with Crippen LogP contribution in [0, 0.1) is 12.7 Å². The molecule has 2 fully saturated rings. The fourth-order valence-electron chi connectivity index (χ4n) is 3.64. The molecule has 0 radical (unpaired) electrons. The van der Waals surface area contributed by atoms with Crippen LogP contribution in [0.2, 0.25) is 0 Å². The van der Waals surface area contributed by atoms with Gasteiger partial charge in [-0.05, 0) is 19.1 Å². The molecule has 7 nitrogen and oxygen atoms in total. The van der Waals surface area contributed by atoms with Crippen molar-refractivity contribution in [3.8, 4) is 0 Å². The van der Waals surface area contributed by atoms with Crippen LogP contribution in [0.15, 0.2) is 36.4 Å². The third-order valence-electron chi connectivity index (χ3n) is 5.35. The topological polar surface area (TPSA) is 61.8 Å². The van der Waals surface area contributed by atoms with Crippen LogP contribution < -0.4 is 9.80 Å². The van der Waals surface area contributed by atoms with Crippen molar-refractivity contribution in [1.29, 1.82) is 0 Å². The molecule has 0 N–H and O–H groups in total.